The fraction of sp³-hybridized carbons (Fsp3) is 0.364. The van der Waals surface area contributed by atoms with Crippen molar-refractivity contribution in [2.45, 2.75) is 37.5 Å². The number of rotatable bonds is 6. The third-order valence-electron chi connectivity index (χ3n) is 8.77. The van der Waals surface area contributed by atoms with Crippen molar-refractivity contribution in [3.63, 3.8) is 0 Å². The lowest BCUT2D eigenvalue weighted by Crippen LogP contribution is -2.70. The average Bonchev–Trinajstić information content (AvgIpc) is 3.00. The Bertz CT molecular complexity index is 1460. The quantitative estimate of drug-likeness (QED) is 0.226. The predicted octanol–water partition coefficient (Wildman–Crippen LogP) is 6.62. The van der Waals surface area contributed by atoms with Crippen LogP contribution in [0.3, 0.4) is 0 Å². The third kappa shape index (κ3) is 4.68. The molecule has 1 fully saturated rings. The number of aromatic hydroxyl groups is 2. The summed E-state index contributed by atoms with van der Waals surface area (Å²) in [6, 6.07) is 19.5. The molecular formula is C33H36N2O5S. The molecule has 214 valence electrons. The van der Waals surface area contributed by atoms with Gasteiger partial charge in [0, 0.05) is 29.1 Å². The lowest BCUT2D eigenvalue weighted by atomic mass is 9.58. The van der Waals surface area contributed by atoms with Crippen LogP contribution in [0, 0.1) is 17.8 Å². The number of thioether (sulfide) groups is 1. The normalized spacial score (nSPS) is 28.1. The number of ether oxygens (including phenoxy) is 3. The number of phenols is 2. The highest BCUT2D eigenvalue weighted by Crippen LogP contribution is 2.61. The molecule has 7 nitrogen and oxygen atoms in total. The summed E-state index contributed by atoms with van der Waals surface area (Å²) in [6.07, 6.45) is 3.66. The summed E-state index contributed by atoms with van der Waals surface area (Å²) in [4.78, 5) is 5.24. The standard InChI is InChI=1S/C33H36N2O5S/c1-5-16-41-32-34-29(21-8-12-23(39-4)13-9-21)26-18-19(2)17-25-28(20-6-10-22(38-3)11-7-20)24-14-15-27(36)30(37)31(24)40-33(25,26)35-32/h5-15,19,25-26,28-29,36-37H,1,16-18H2,2-4H3,(H,34,35)/t19-,25+,26-,28-,29-,33+/m0/s1. The number of nitrogens with zero attached hydrogens (tertiary/aromatic N) is 1. The van der Waals surface area contributed by atoms with Crippen LogP contribution in [0.2, 0.25) is 0 Å². The van der Waals surface area contributed by atoms with Gasteiger partial charge in [-0.3, -0.25) is 4.99 Å². The van der Waals surface area contributed by atoms with Gasteiger partial charge in [-0.15, -0.1) is 6.58 Å². The highest BCUT2D eigenvalue weighted by atomic mass is 32.2. The lowest BCUT2D eigenvalue weighted by Gasteiger charge is -2.59. The van der Waals surface area contributed by atoms with Gasteiger partial charge in [-0.25, -0.2) is 0 Å². The molecular weight excluding hydrogens is 536 g/mol. The van der Waals surface area contributed by atoms with Gasteiger partial charge >= 0.3 is 0 Å². The molecule has 3 aromatic rings. The van der Waals surface area contributed by atoms with Crippen molar-refractivity contribution < 1.29 is 24.4 Å². The third-order valence-corrected chi connectivity index (χ3v) is 9.66. The van der Waals surface area contributed by atoms with Crippen LogP contribution in [-0.2, 0) is 0 Å². The van der Waals surface area contributed by atoms with E-state index in [1.165, 1.54) is 0 Å². The van der Waals surface area contributed by atoms with Gasteiger partial charge < -0.3 is 29.7 Å². The topological polar surface area (TPSA) is 92.5 Å². The molecule has 0 bridgehead atoms. The molecule has 0 saturated heterocycles. The van der Waals surface area contributed by atoms with E-state index in [9.17, 15) is 10.2 Å². The number of benzene rings is 3. The Morgan fingerprint density at radius 2 is 1.61 bits per heavy atom. The second-order valence-corrected chi connectivity index (χ2v) is 12.2. The largest absolute Gasteiger partial charge is 0.504 e. The maximum atomic E-state index is 11.2. The zero-order valence-corrected chi connectivity index (χ0v) is 24.4. The number of hydrogen-bond acceptors (Lipinski definition) is 8. The summed E-state index contributed by atoms with van der Waals surface area (Å²) in [6.45, 7) is 6.21. The Kier molecular flexibility index (Phi) is 7.28. The summed E-state index contributed by atoms with van der Waals surface area (Å²) >= 11 is 1.59. The van der Waals surface area contributed by atoms with E-state index >= 15 is 0 Å². The maximum Gasteiger partial charge on any atom is 0.200 e. The number of fused-ring (bicyclic) bond motifs is 1. The molecule has 2 aliphatic heterocycles. The average molecular weight is 573 g/mol. The molecule has 6 atom stereocenters. The number of aliphatic imine (C=N–C) groups is 1. The van der Waals surface area contributed by atoms with E-state index in [1.54, 1.807) is 32.0 Å². The molecule has 1 aliphatic carbocycles. The van der Waals surface area contributed by atoms with Gasteiger partial charge in [0.15, 0.2) is 22.4 Å². The van der Waals surface area contributed by atoms with E-state index in [1.807, 2.05) is 36.4 Å². The summed E-state index contributed by atoms with van der Waals surface area (Å²) < 4.78 is 17.9. The Hall–Kier alpha value is -3.78. The molecule has 1 spiro atoms. The van der Waals surface area contributed by atoms with Crippen molar-refractivity contribution in [2.75, 3.05) is 20.0 Å². The van der Waals surface area contributed by atoms with E-state index < -0.39 is 5.72 Å². The molecule has 2 heterocycles. The number of nitrogens with one attached hydrogen (secondary N) is 1. The van der Waals surface area contributed by atoms with Crippen molar-refractivity contribution in [1.29, 1.82) is 0 Å². The van der Waals surface area contributed by atoms with Crippen molar-refractivity contribution in [1.82, 2.24) is 5.32 Å². The van der Waals surface area contributed by atoms with E-state index in [0.29, 0.717) is 17.4 Å². The van der Waals surface area contributed by atoms with Crippen molar-refractivity contribution in [3.8, 4) is 28.7 Å². The van der Waals surface area contributed by atoms with E-state index in [0.717, 1.165) is 46.2 Å². The smallest absolute Gasteiger partial charge is 0.200 e. The highest BCUT2D eigenvalue weighted by molar-refractivity contribution is 8.13. The first-order valence-electron chi connectivity index (χ1n) is 14.0. The summed E-state index contributed by atoms with van der Waals surface area (Å²) in [5.41, 5.74) is 2.16. The lowest BCUT2D eigenvalue weighted by molar-refractivity contribution is -0.127. The van der Waals surface area contributed by atoms with Crippen LogP contribution < -0.4 is 19.5 Å². The van der Waals surface area contributed by atoms with Gasteiger partial charge in [0.05, 0.1) is 20.3 Å². The highest BCUT2D eigenvalue weighted by Gasteiger charge is 2.62. The minimum atomic E-state index is -0.884. The second-order valence-electron chi connectivity index (χ2n) is 11.2. The monoisotopic (exact) mass is 572 g/mol. The van der Waals surface area contributed by atoms with Gasteiger partial charge in [0.1, 0.15) is 11.5 Å². The van der Waals surface area contributed by atoms with Crippen LogP contribution in [0.15, 0.2) is 78.3 Å². The Morgan fingerprint density at radius 3 is 2.24 bits per heavy atom. The molecule has 3 N–H and O–H groups in total. The fourth-order valence-electron chi connectivity index (χ4n) is 6.97. The van der Waals surface area contributed by atoms with Gasteiger partial charge in [0.2, 0.25) is 5.75 Å². The maximum absolute atomic E-state index is 11.2. The number of amidine groups is 1. The summed E-state index contributed by atoms with van der Waals surface area (Å²) in [7, 11) is 3.33. The molecule has 1 saturated carbocycles. The first-order valence-corrected chi connectivity index (χ1v) is 15.0. The van der Waals surface area contributed by atoms with Gasteiger partial charge in [-0.05, 0) is 60.2 Å². The zero-order valence-electron chi connectivity index (χ0n) is 23.5. The predicted molar refractivity (Wildman–Crippen MR) is 162 cm³/mol. The molecule has 6 rings (SSSR count). The molecule has 0 unspecified atom stereocenters. The van der Waals surface area contributed by atoms with Crippen molar-refractivity contribution in [2.24, 2.45) is 22.7 Å². The van der Waals surface area contributed by atoms with Crippen LogP contribution in [0.1, 0.15) is 48.4 Å². The second kappa shape index (κ2) is 10.9. The minimum Gasteiger partial charge on any atom is -0.504 e. The van der Waals surface area contributed by atoms with Crippen LogP contribution in [0.5, 0.6) is 28.7 Å². The van der Waals surface area contributed by atoms with Crippen molar-refractivity contribution in [3.05, 3.63) is 90.0 Å². The van der Waals surface area contributed by atoms with Crippen LogP contribution in [0.25, 0.3) is 0 Å². The Labute approximate surface area is 245 Å². The zero-order chi connectivity index (χ0) is 28.7. The molecule has 0 radical (unpaired) electrons. The minimum absolute atomic E-state index is 0.0108. The summed E-state index contributed by atoms with van der Waals surface area (Å²) in [5.74, 6) is 2.41. The van der Waals surface area contributed by atoms with Crippen LogP contribution in [-0.4, -0.2) is 41.1 Å². The fourth-order valence-corrected chi connectivity index (χ4v) is 7.67. The Balaban J connectivity index is 1.56. The molecule has 0 amide bonds. The van der Waals surface area contributed by atoms with E-state index in [-0.39, 0.29) is 35.3 Å². The van der Waals surface area contributed by atoms with Gasteiger partial charge in [-0.1, -0.05) is 55.1 Å². The number of methoxy groups -OCH3 is 2. The molecule has 3 aromatic carbocycles. The van der Waals surface area contributed by atoms with Crippen molar-refractivity contribution >= 4 is 16.9 Å². The van der Waals surface area contributed by atoms with E-state index in [4.69, 9.17) is 19.2 Å². The first kappa shape index (κ1) is 27.4. The van der Waals surface area contributed by atoms with E-state index in [2.05, 4.69) is 43.1 Å². The van der Waals surface area contributed by atoms with Gasteiger partial charge in [-0.2, -0.15) is 0 Å². The number of hydrogen-bond donors (Lipinski definition) is 3. The molecule has 3 aliphatic rings. The Morgan fingerprint density at radius 1 is 0.976 bits per heavy atom. The number of phenolic OH excluding ortho intramolecular Hbond substituents is 2. The first-order chi connectivity index (χ1) is 19.9. The summed E-state index contributed by atoms with van der Waals surface area (Å²) in [5, 5.41) is 26.3. The SMILES string of the molecule is C=CCSC1=N[C@@H](c2ccc(OC)cc2)[C@@H]2C[C@@H](C)C[C@@H]3[C@@H](c4ccc(OC)cc4)c4ccc(O)c(O)c4O[C@]32N1. The van der Waals surface area contributed by atoms with Crippen LogP contribution >= 0.6 is 11.8 Å². The molecule has 0 aromatic heterocycles. The van der Waals surface area contributed by atoms with Crippen LogP contribution in [0.4, 0.5) is 0 Å². The molecule has 41 heavy (non-hydrogen) atoms. The molecule has 8 heteroatoms. The van der Waals surface area contributed by atoms with Gasteiger partial charge in [0.25, 0.3) is 0 Å².